The molecule has 2 aliphatic carbocycles. The smallest absolute Gasteiger partial charge is 0.304 e. The summed E-state index contributed by atoms with van der Waals surface area (Å²) in [5.41, 5.74) is 0.311. The van der Waals surface area contributed by atoms with Gasteiger partial charge in [-0.3, -0.25) is 14.4 Å². The molecule has 1 aliphatic heterocycles. The minimum atomic E-state index is -1.12. The van der Waals surface area contributed by atoms with E-state index in [1.807, 2.05) is 19.1 Å². The van der Waals surface area contributed by atoms with Crippen molar-refractivity contribution in [2.45, 2.75) is 19.8 Å². The van der Waals surface area contributed by atoms with Gasteiger partial charge in [-0.15, -0.1) is 0 Å². The molecular formula is C18H16BrNO4. The van der Waals surface area contributed by atoms with E-state index in [0.717, 1.165) is 10.0 Å². The molecule has 3 aliphatic rings. The van der Waals surface area contributed by atoms with Crippen molar-refractivity contribution in [1.82, 2.24) is 0 Å². The van der Waals surface area contributed by atoms with E-state index in [-0.39, 0.29) is 30.1 Å². The largest absolute Gasteiger partial charge is 0.481 e. The standard InChI is InChI=1S/C18H16BrNO4/c1-9-6-12(4-5-13(9)19)20-16(23)15-10-2-3-11(7-10)18(15,17(20)24)8-14(21)22/h2-6,10-11,15H,7-8H2,1H3,(H,21,22)/t10-,11+,15+,18?/m1/s1. The fourth-order valence-corrected chi connectivity index (χ4v) is 4.94. The third-order valence-electron chi connectivity index (χ3n) is 5.69. The zero-order valence-corrected chi connectivity index (χ0v) is 14.6. The maximum absolute atomic E-state index is 13.2. The number of nitrogens with zero attached hydrogens (tertiary/aromatic N) is 1. The molecule has 2 fully saturated rings. The molecule has 0 radical (unpaired) electrons. The van der Waals surface area contributed by atoms with Crippen LogP contribution >= 0.6 is 15.9 Å². The second-order valence-electron chi connectivity index (χ2n) is 6.89. The zero-order valence-electron chi connectivity index (χ0n) is 13.0. The fourth-order valence-electron chi connectivity index (χ4n) is 4.69. The number of allylic oxidation sites excluding steroid dienone is 2. The molecule has 4 rings (SSSR count). The molecule has 1 aromatic carbocycles. The van der Waals surface area contributed by atoms with E-state index in [9.17, 15) is 19.5 Å². The van der Waals surface area contributed by atoms with Crippen LogP contribution in [0.15, 0.2) is 34.8 Å². The van der Waals surface area contributed by atoms with Crippen molar-refractivity contribution in [2.24, 2.45) is 23.2 Å². The average molecular weight is 390 g/mol. The lowest BCUT2D eigenvalue weighted by molar-refractivity contribution is -0.145. The number of rotatable bonds is 3. The molecule has 0 spiro atoms. The number of imide groups is 1. The lowest BCUT2D eigenvalue weighted by Gasteiger charge is -2.31. The highest BCUT2D eigenvalue weighted by atomic mass is 79.9. The van der Waals surface area contributed by atoms with E-state index >= 15 is 0 Å². The number of fused-ring (bicyclic) bond motifs is 5. The van der Waals surface area contributed by atoms with Crippen molar-refractivity contribution in [1.29, 1.82) is 0 Å². The maximum atomic E-state index is 13.2. The van der Waals surface area contributed by atoms with Crippen molar-refractivity contribution in [3.8, 4) is 0 Å². The summed E-state index contributed by atoms with van der Waals surface area (Å²) in [7, 11) is 0. The summed E-state index contributed by atoms with van der Waals surface area (Å²) in [6.45, 7) is 1.89. The summed E-state index contributed by atoms with van der Waals surface area (Å²) >= 11 is 3.41. The number of carbonyl (C=O) groups is 3. The zero-order chi connectivity index (χ0) is 17.2. The van der Waals surface area contributed by atoms with E-state index in [1.54, 1.807) is 18.2 Å². The number of anilines is 1. The predicted molar refractivity (Wildman–Crippen MR) is 90.3 cm³/mol. The number of hydrogen-bond donors (Lipinski definition) is 1. The van der Waals surface area contributed by atoms with Crippen LogP contribution in [0.2, 0.25) is 0 Å². The summed E-state index contributed by atoms with van der Waals surface area (Å²) in [6.07, 6.45) is 4.30. The van der Waals surface area contributed by atoms with Gasteiger partial charge in [0.1, 0.15) is 0 Å². The van der Waals surface area contributed by atoms with Crippen LogP contribution in [0.25, 0.3) is 0 Å². The van der Waals surface area contributed by atoms with Gasteiger partial charge in [0.05, 0.1) is 23.4 Å². The van der Waals surface area contributed by atoms with Gasteiger partial charge in [0.25, 0.3) is 0 Å². The Labute approximate surface area is 147 Å². The van der Waals surface area contributed by atoms with Gasteiger partial charge in [0.2, 0.25) is 11.8 Å². The predicted octanol–water partition coefficient (Wildman–Crippen LogP) is 2.91. The molecule has 1 N–H and O–H groups in total. The summed E-state index contributed by atoms with van der Waals surface area (Å²) in [4.78, 5) is 38.9. The molecule has 1 unspecified atom stereocenters. The van der Waals surface area contributed by atoms with Crippen LogP contribution < -0.4 is 4.90 Å². The Morgan fingerprint density at radius 3 is 2.79 bits per heavy atom. The Balaban J connectivity index is 1.83. The van der Waals surface area contributed by atoms with Crippen LogP contribution in [0.1, 0.15) is 18.4 Å². The van der Waals surface area contributed by atoms with E-state index in [1.165, 1.54) is 4.90 Å². The Hall–Kier alpha value is -1.95. The highest BCUT2D eigenvalue weighted by Crippen LogP contribution is 2.62. The fraction of sp³-hybridized carbons (Fsp3) is 0.389. The first-order chi connectivity index (χ1) is 11.4. The molecule has 1 saturated carbocycles. The van der Waals surface area contributed by atoms with Gasteiger partial charge in [0, 0.05) is 4.47 Å². The number of aliphatic carboxylic acids is 1. The summed E-state index contributed by atoms with van der Waals surface area (Å²) in [5.74, 6) is -2.41. The molecule has 1 saturated heterocycles. The van der Waals surface area contributed by atoms with Gasteiger partial charge in [-0.25, -0.2) is 4.90 Å². The van der Waals surface area contributed by atoms with Crippen molar-refractivity contribution >= 4 is 39.4 Å². The number of aryl methyl sites for hydroxylation is 1. The number of carbonyl (C=O) groups excluding carboxylic acids is 2. The number of hydrogen-bond acceptors (Lipinski definition) is 3. The van der Waals surface area contributed by atoms with Gasteiger partial charge in [-0.05, 0) is 48.9 Å². The van der Waals surface area contributed by atoms with E-state index < -0.39 is 17.3 Å². The summed E-state index contributed by atoms with van der Waals surface area (Å²) < 4.78 is 0.896. The quantitative estimate of drug-likeness (QED) is 0.636. The number of halogens is 1. The van der Waals surface area contributed by atoms with Gasteiger partial charge in [0.15, 0.2) is 0 Å². The maximum Gasteiger partial charge on any atom is 0.304 e. The Morgan fingerprint density at radius 2 is 2.12 bits per heavy atom. The minimum absolute atomic E-state index is 0.0349. The van der Waals surface area contributed by atoms with Gasteiger partial charge in [-0.1, -0.05) is 28.1 Å². The van der Waals surface area contributed by atoms with Gasteiger partial charge in [-0.2, -0.15) is 0 Å². The van der Waals surface area contributed by atoms with Crippen LogP contribution in [-0.2, 0) is 14.4 Å². The first-order valence-corrected chi connectivity index (χ1v) is 8.70. The molecule has 1 aromatic rings. The van der Waals surface area contributed by atoms with E-state index in [0.29, 0.717) is 12.1 Å². The van der Waals surface area contributed by atoms with Crippen molar-refractivity contribution in [2.75, 3.05) is 4.90 Å². The molecule has 2 bridgehead atoms. The van der Waals surface area contributed by atoms with Gasteiger partial charge >= 0.3 is 5.97 Å². The normalized spacial score (nSPS) is 33.4. The van der Waals surface area contributed by atoms with Crippen LogP contribution in [0, 0.1) is 30.1 Å². The molecule has 2 amide bonds. The molecule has 5 nitrogen and oxygen atoms in total. The van der Waals surface area contributed by atoms with Crippen molar-refractivity contribution in [3.63, 3.8) is 0 Å². The lowest BCUT2D eigenvalue weighted by Crippen LogP contribution is -2.41. The second kappa shape index (κ2) is 5.02. The van der Waals surface area contributed by atoms with E-state index in [4.69, 9.17) is 0 Å². The average Bonchev–Trinajstić information content (AvgIpc) is 3.15. The molecule has 4 atom stereocenters. The summed E-state index contributed by atoms with van der Waals surface area (Å²) in [6, 6.07) is 5.30. The molecule has 124 valence electrons. The van der Waals surface area contributed by atoms with Crippen LogP contribution in [-0.4, -0.2) is 22.9 Å². The van der Waals surface area contributed by atoms with Crippen molar-refractivity contribution < 1.29 is 19.5 Å². The number of benzene rings is 1. The Morgan fingerprint density at radius 1 is 1.38 bits per heavy atom. The molecule has 0 aromatic heterocycles. The highest BCUT2D eigenvalue weighted by Gasteiger charge is 2.70. The van der Waals surface area contributed by atoms with Crippen LogP contribution in [0.5, 0.6) is 0 Å². The van der Waals surface area contributed by atoms with Gasteiger partial charge < -0.3 is 5.11 Å². The van der Waals surface area contributed by atoms with Crippen LogP contribution in [0.4, 0.5) is 5.69 Å². The molecule has 6 heteroatoms. The molecule has 24 heavy (non-hydrogen) atoms. The lowest BCUT2D eigenvalue weighted by atomic mass is 9.68. The summed E-state index contributed by atoms with van der Waals surface area (Å²) in [5, 5.41) is 9.37. The monoisotopic (exact) mass is 389 g/mol. The first kappa shape index (κ1) is 15.6. The minimum Gasteiger partial charge on any atom is -0.481 e. The van der Waals surface area contributed by atoms with Crippen molar-refractivity contribution in [3.05, 3.63) is 40.4 Å². The molecule has 1 heterocycles. The number of carboxylic acid groups (broad SMARTS) is 1. The number of carboxylic acids is 1. The Bertz CT molecular complexity index is 817. The third kappa shape index (κ3) is 1.83. The SMILES string of the molecule is Cc1cc(N2C(=O)[C@@H]3[C@@H]4C=C[C@@H](C4)C3(CC(=O)O)C2=O)ccc1Br. The second-order valence-corrected chi connectivity index (χ2v) is 7.75. The Kier molecular flexibility index (Phi) is 3.26. The highest BCUT2D eigenvalue weighted by molar-refractivity contribution is 9.10. The first-order valence-electron chi connectivity index (χ1n) is 7.91. The molecular weight excluding hydrogens is 374 g/mol. The third-order valence-corrected chi connectivity index (χ3v) is 6.58. The topological polar surface area (TPSA) is 74.7 Å². The number of amides is 2. The van der Waals surface area contributed by atoms with Crippen LogP contribution in [0.3, 0.4) is 0 Å². The van der Waals surface area contributed by atoms with E-state index in [2.05, 4.69) is 15.9 Å².